The van der Waals surface area contributed by atoms with Crippen LogP contribution in [0, 0.1) is 11.8 Å². The Labute approximate surface area is 105 Å². The number of rotatable bonds is 2. The van der Waals surface area contributed by atoms with Crippen LogP contribution in [0.4, 0.5) is 0 Å². The molecule has 0 bridgehead atoms. The SMILES string of the molecule is C1CCC2CN(CC3CNCCO3)CCC2C1. The Balaban J connectivity index is 1.48. The van der Waals surface area contributed by atoms with Gasteiger partial charge in [-0.05, 0) is 31.2 Å². The molecular weight excluding hydrogens is 212 g/mol. The maximum absolute atomic E-state index is 5.81. The molecule has 1 aliphatic carbocycles. The Bertz CT molecular complexity index is 238. The van der Waals surface area contributed by atoms with Gasteiger partial charge in [0.05, 0.1) is 12.7 Å². The maximum atomic E-state index is 5.81. The van der Waals surface area contributed by atoms with E-state index in [1.807, 2.05) is 0 Å². The molecule has 1 saturated carbocycles. The quantitative estimate of drug-likeness (QED) is 0.789. The number of morpholine rings is 1. The van der Waals surface area contributed by atoms with Gasteiger partial charge in [-0.1, -0.05) is 19.3 Å². The lowest BCUT2D eigenvalue weighted by atomic mass is 9.75. The first kappa shape index (κ1) is 11.9. The summed E-state index contributed by atoms with van der Waals surface area (Å²) in [5.74, 6) is 2.04. The molecule has 3 heteroatoms. The molecule has 2 saturated heterocycles. The molecule has 3 rings (SSSR count). The summed E-state index contributed by atoms with van der Waals surface area (Å²) in [6, 6.07) is 0. The minimum absolute atomic E-state index is 0.434. The van der Waals surface area contributed by atoms with E-state index in [0.29, 0.717) is 6.10 Å². The van der Waals surface area contributed by atoms with E-state index >= 15 is 0 Å². The van der Waals surface area contributed by atoms with E-state index in [-0.39, 0.29) is 0 Å². The number of piperidine rings is 1. The third-order valence-electron chi connectivity index (χ3n) is 4.84. The fourth-order valence-corrected chi connectivity index (χ4v) is 3.87. The van der Waals surface area contributed by atoms with Crippen LogP contribution in [0.25, 0.3) is 0 Å². The average Bonchev–Trinajstić information content (AvgIpc) is 2.40. The predicted octanol–water partition coefficient (Wildman–Crippen LogP) is 1.49. The highest BCUT2D eigenvalue weighted by Gasteiger charge is 2.32. The first-order valence-electron chi connectivity index (χ1n) is 7.46. The molecule has 2 aliphatic heterocycles. The van der Waals surface area contributed by atoms with E-state index in [2.05, 4.69) is 10.2 Å². The smallest absolute Gasteiger partial charge is 0.0826 e. The number of fused-ring (bicyclic) bond motifs is 1. The van der Waals surface area contributed by atoms with Crippen LogP contribution in [0.2, 0.25) is 0 Å². The Morgan fingerprint density at radius 1 is 1.12 bits per heavy atom. The second-order valence-electron chi connectivity index (χ2n) is 6.05. The fourth-order valence-electron chi connectivity index (χ4n) is 3.87. The fraction of sp³-hybridized carbons (Fsp3) is 1.00. The molecule has 1 N–H and O–H groups in total. The van der Waals surface area contributed by atoms with Gasteiger partial charge in [-0.25, -0.2) is 0 Å². The van der Waals surface area contributed by atoms with E-state index in [1.165, 1.54) is 45.2 Å². The summed E-state index contributed by atoms with van der Waals surface area (Å²) in [7, 11) is 0. The minimum Gasteiger partial charge on any atom is -0.374 e. The number of nitrogens with zero attached hydrogens (tertiary/aromatic N) is 1. The monoisotopic (exact) mass is 238 g/mol. The zero-order valence-electron chi connectivity index (χ0n) is 10.9. The first-order chi connectivity index (χ1) is 8.42. The predicted molar refractivity (Wildman–Crippen MR) is 69.1 cm³/mol. The van der Waals surface area contributed by atoms with Gasteiger partial charge in [0.2, 0.25) is 0 Å². The highest BCUT2D eigenvalue weighted by molar-refractivity contribution is 4.85. The van der Waals surface area contributed by atoms with Gasteiger partial charge in [0.1, 0.15) is 0 Å². The molecule has 2 heterocycles. The molecule has 17 heavy (non-hydrogen) atoms. The Morgan fingerprint density at radius 2 is 2.00 bits per heavy atom. The van der Waals surface area contributed by atoms with Crippen molar-refractivity contribution >= 4 is 0 Å². The second kappa shape index (κ2) is 5.68. The molecule has 0 amide bonds. The summed E-state index contributed by atoms with van der Waals surface area (Å²) < 4.78 is 5.81. The van der Waals surface area contributed by atoms with Gasteiger partial charge in [0, 0.05) is 26.2 Å². The molecule has 0 aromatic rings. The van der Waals surface area contributed by atoms with Crippen molar-refractivity contribution in [1.82, 2.24) is 10.2 Å². The third kappa shape index (κ3) is 3.01. The van der Waals surface area contributed by atoms with Gasteiger partial charge in [0.15, 0.2) is 0 Å². The van der Waals surface area contributed by atoms with Crippen molar-refractivity contribution in [1.29, 1.82) is 0 Å². The largest absolute Gasteiger partial charge is 0.374 e. The van der Waals surface area contributed by atoms with E-state index in [0.717, 1.165) is 38.1 Å². The van der Waals surface area contributed by atoms with Crippen molar-refractivity contribution in [2.45, 2.75) is 38.2 Å². The van der Waals surface area contributed by atoms with Gasteiger partial charge < -0.3 is 15.0 Å². The van der Waals surface area contributed by atoms with Crippen LogP contribution in [-0.2, 0) is 4.74 Å². The molecule has 3 atom stereocenters. The van der Waals surface area contributed by atoms with Crippen LogP contribution in [-0.4, -0.2) is 50.3 Å². The van der Waals surface area contributed by atoms with E-state index in [9.17, 15) is 0 Å². The van der Waals surface area contributed by atoms with Crippen LogP contribution in [0.15, 0.2) is 0 Å². The van der Waals surface area contributed by atoms with Gasteiger partial charge in [0.25, 0.3) is 0 Å². The summed E-state index contributed by atoms with van der Waals surface area (Å²) in [4.78, 5) is 2.66. The summed E-state index contributed by atoms with van der Waals surface area (Å²) in [5.41, 5.74) is 0. The number of hydrogen-bond acceptors (Lipinski definition) is 3. The molecule has 0 radical (unpaired) electrons. The molecule has 3 unspecified atom stereocenters. The normalized spacial score (nSPS) is 39.9. The van der Waals surface area contributed by atoms with Gasteiger partial charge in [-0.3, -0.25) is 0 Å². The van der Waals surface area contributed by atoms with Crippen molar-refractivity contribution in [3.8, 4) is 0 Å². The molecule has 3 fully saturated rings. The van der Waals surface area contributed by atoms with Crippen LogP contribution in [0.5, 0.6) is 0 Å². The van der Waals surface area contributed by atoms with E-state index in [1.54, 1.807) is 0 Å². The van der Waals surface area contributed by atoms with Crippen molar-refractivity contribution in [2.24, 2.45) is 11.8 Å². The van der Waals surface area contributed by atoms with Crippen molar-refractivity contribution < 1.29 is 4.74 Å². The number of likely N-dealkylation sites (tertiary alicyclic amines) is 1. The van der Waals surface area contributed by atoms with Crippen LogP contribution in [0.3, 0.4) is 0 Å². The second-order valence-corrected chi connectivity index (χ2v) is 6.05. The highest BCUT2D eigenvalue weighted by atomic mass is 16.5. The zero-order chi connectivity index (χ0) is 11.5. The molecule has 3 nitrogen and oxygen atoms in total. The lowest BCUT2D eigenvalue weighted by molar-refractivity contribution is -0.0123. The Kier molecular flexibility index (Phi) is 3.99. The standard InChI is InChI=1S/C14H26N2O/c1-2-4-13-10-16(7-5-12(13)3-1)11-14-9-15-6-8-17-14/h12-15H,1-11H2. The van der Waals surface area contributed by atoms with Crippen LogP contribution < -0.4 is 5.32 Å². The number of hydrogen-bond donors (Lipinski definition) is 1. The summed E-state index contributed by atoms with van der Waals surface area (Å²) in [6.07, 6.45) is 7.80. The third-order valence-corrected chi connectivity index (χ3v) is 4.84. The van der Waals surface area contributed by atoms with Gasteiger partial charge in [-0.15, -0.1) is 0 Å². The Hall–Kier alpha value is -0.120. The number of nitrogens with one attached hydrogen (secondary N) is 1. The summed E-state index contributed by atoms with van der Waals surface area (Å²) in [5, 5.41) is 3.43. The summed E-state index contributed by atoms with van der Waals surface area (Å²) >= 11 is 0. The molecule has 0 aromatic heterocycles. The molecular formula is C14H26N2O. The van der Waals surface area contributed by atoms with Crippen molar-refractivity contribution in [2.75, 3.05) is 39.3 Å². The van der Waals surface area contributed by atoms with Crippen molar-refractivity contribution in [3.63, 3.8) is 0 Å². The first-order valence-corrected chi connectivity index (χ1v) is 7.46. The zero-order valence-corrected chi connectivity index (χ0v) is 10.9. The lowest BCUT2D eigenvalue weighted by Gasteiger charge is -2.42. The van der Waals surface area contributed by atoms with Crippen LogP contribution in [0.1, 0.15) is 32.1 Å². The highest BCUT2D eigenvalue weighted by Crippen LogP contribution is 2.36. The lowest BCUT2D eigenvalue weighted by Crippen LogP contribution is -2.49. The molecule has 3 aliphatic rings. The van der Waals surface area contributed by atoms with E-state index in [4.69, 9.17) is 4.74 Å². The average molecular weight is 238 g/mol. The topological polar surface area (TPSA) is 24.5 Å². The molecule has 98 valence electrons. The molecule has 0 spiro atoms. The maximum Gasteiger partial charge on any atom is 0.0826 e. The molecule has 0 aromatic carbocycles. The number of ether oxygens (including phenoxy) is 1. The van der Waals surface area contributed by atoms with E-state index < -0.39 is 0 Å². The van der Waals surface area contributed by atoms with Crippen molar-refractivity contribution in [3.05, 3.63) is 0 Å². The summed E-state index contributed by atoms with van der Waals surface area (Å²) in [6.45, 7) is 6.76. The Morgan fingerprint density at radius 3 is 2.82 bits per heavy atom. The minimum atomic E-state index is 0.434. The van der Waals surface area contributed by atoms with Crippen LogP contribution >= 0.6 is 0 Å². The van der Waals surface area contributed by atoms with Gasteiger partial charge >= 0.3 is 0 Å². The van der Waals surface area contributed by atoms with Gasteiger partial charge in [-0.2, -0.15) is 0 Å².